The highest BCUT2D eigenvalue weighted by molar-refractivity contribution is 9.10. The van der Waals surface area contributed by atoms with Crippen molar-refractivity contribution in [1.29, 1.82) is 0 Å². The van der Waals surface area contributed by atoms with Crippen molar-refractivity contribution in [2.45, 2.75) is 58.8 Å². The highest BCUT2D eigenvalue weighted by Gasteiger charge is 2.12. The molecule has 0 saturated heterocycles. The Balaban J connectivity index is 1.61. The van der Waals surface area contributed by atoms with Crippen LogP contribution in [-0.2, 0) is 19.3 Å². The third kappa shape index (κ3) is 5.69. The van der Waals surface area contributed by atoms with Gasteiger partial charge in [-0.2, -0.15) is 0 Å². The molecule has 0 atom stereocenters. The fourth-order valence-electron chi connectivity index (χ4n) is 2.70. The Hall–Kier alpha value is -1.29. The maximum atomic E-state index is 5.74. The second kappa shape index (κ2) is 9.76. The Kier molecular flexibility index (Phi) is 7.66. The van der Waals surface area contributed by atoms with E-state index < -0.39 is 0 Å². The summed E-state index contributed by atoms with van der Waals surface area (Å²) < 4.78 is 12.2. The monoisotopic (exact) mass is 379 g/mol. The lowest BCUT2D eigenvalue weighted by atomic mass is 10.0. The molecular formula is C19H26BrNO2. The number of ether oxygens (including phenoxy) is 1. The lowest BCUT2D eigenvalue weighted by Crippen LogP contribution is -1.98. The fourth-order valence-corrected chi connectivity index (χ4v) is 2.96. The summed E-state index contributed by atoms with van der Waals surface area (Å²) in [6, 6.07) is 8.00. The van der Waals surface area contributed by atoms with Gasteiger partial charge in [0.1, 0.15) is 11.5 Å². The number of aryl methyl sites for hydroxylation is 2. The van der Waals surface area contributed by atoms with E-state index in [0.29, 0.717) is 0 Å². The molecule has 1 aromatic heterocycles. The van der Waals surface area contributed by atoms with Crippen LogP contribution in [0.1, 0.15) is 56.5 Å². The molecule has 126 valence electrons. The van der Waals surface area contributed by atoms with Crippen LogP contribution < -0.4 is 4.74 Å². The molecule has 23 heavy (non-hydrogen) atoms. The highest BCUT2D eigenvalue weighted by atomic mass is 79.9. The summed E-state index contributed by atoms with van der Waals surface area (Å²) in [4.78, 5) is 0. The van der Waals surface area contributed by atoms with E-state index in [4.69, 9.17) is 9.26 Å². The fraction of sp³-hybridized carbons (Fsp3) is 0.526. The van der Waals surface area contributed by atoms with Crippen LogP contribution >= 0.6 is 15.9 Å². The van der Waals surface area contributed by atoms with Gasteiger partial charge in [-0.25, -0.2) is 0 Å². The summed E-state index contributed by atoms with van der Waals surface area (Å²) in [6.45, 7) is 5.05. The second-order valence-electron chi connectivity index (χ2n) is 5.70. The SMILES string of the molecule is CCc1noc(CC)c1CCCCCCOc1ccc(Br)cc1. The van der Waals surface area contributed by atoms with Crippen LogP contribution in [0.15, 0.2) is 33.3 Å². The zero-order valence-corrected chi connectivity index (χ0v) is 15.7. The molecule has 0 saturated carbocycles. The Morgan fingerprint density at radius 3 is 2.43 bits per heavy atom. The van der Waals surface area contributed by atoms with E-state index in [2.05, 4.69) is 34.9 Å². The number of benzene rings is 1. The molecule has 0 aliphatic heterocycles. The lowest BCUT2D eigenvalue weighted by Gasteiger charge is -2.06. The van der Waals surface area contributed by atoms with Gasteiger partial charge in [-0.15, -0.1) is 0 Å². The van der Waals surface area contributed by atoms with Gasteiger partial charge in [0.2, 0.25) is 0 Å². The molecule has 0 amide bonds. The molecule has 2 aromatic rings. The molecular weight excluding hydrogens is 354 g/mol. The molecule has 0 aliphatic carbocycles. The molecule has 0 aliphatic rings. The van der Waals surface area contributed by atoms with Crippen LogP contribution in [-0.4, -0.2) is 11.8 Å². The number of halogens is 1. The van der Waals surface area contributed by atoms with Crippen molar-refractivity contribution >= 4 is 15.9 Å². The number of hydrogen-bond donors (Lipinski definition) is 0. The Bertz CT molecular complexity index is 556. The summed E-state index contributed by atoms with van der Waals surface area (Å²) >= 11 is 3.43. The van der Waals surface area contributed by atoms with Gasteiger partial charge in [0.15, 0.2) is 0 Å². The van der Waals surface area contributed by atoms with Gasteiger partial charge in [0.25, 0.3) is 0 Å². The maximum absolute atomic E-state index is 5.74. The molecule has 0 fully saturated rings. The van der Waals surface area contributed by atoms with Gasteiger partial charge >= 0.3 is 0 Å². The van der Waals surface area contributed by atoms with Crippen molar-refractivity contribution in [3.8, 4) is 5.75 Å². The van der Waals surface area contributed by atoms with Gasteiger partial charge in [-0.05, 0) is 49.9 Å². The van der Waals surface area contributed by atoms with Crippen LogP contribution in [0.5, 0.6) is 5.75 Å². The van der Waals surface area contributed by atoms with Gasteiger partial charge in [0, 0.05) is 16.5 Å². The zero-order valence-electron chi connectivity index (χ0n) is 14.1. The van der Waals surface area contributed by atoms with Crippen LogP contribution in [0, 0.1) is 0 Å². The molecule has 3 nitrogen and oxygen atoms in total. The summed E-state index contributed by atoms with van der Waals surface area (Å²) in [5.74, 6) is 2.01. The Morgan fingerprint density at radius 2 is 1.74 bits per heavy atom. The predicted molar refractivity (Wildman–Crippen MR) is 97.1 cm³/mol. The first kappa shape index (κ1) is 18.1. The smallest absolute Gasteiger partial charge is 0.139 e. The molecule has 0 radical (unpaired) electrons. The van der Waals surface area contributed by atoms with E-state index in [1.165, 1.54) is 24.8 Å². The van der Waals surface area contributed by atoms with Crippen molar-refractivity contribution in [3.63, 3.8) is 0 Å². The summed E-state index contributed by atoms with van der Waals surface area (Å²) in [7, 11) is 0. The molecule has 0 N–H and O–H groups in total. The minimum absolute atomic E-state index is 0.787. The molecule has 0 bridgehead atoms. The van der Waals surface area contributed by atoms with Crippen LogP contribution in [0.4, 0.5) is 0 Å². The lowest BCUT2D eigenvalue weighted by molar-refractivity contribution is 0.304. The average molecular weight is 380 g/mol. The van der Waals surface area contributed by atoms with Gasteiger partial charge < -0.3 is 9.26 Å². The summed E-state index contributed by atoms with van der Waals surface area (Å²) in [5, 5.41) is 4.18. The number of unbranched alkanes of at least 4 members (excludes halogenated alkanes) is 3. The van der Waals surface area contributed by atoms with Crippen molar-refractivity contribution in [3.05, 3.63) is 45.8 Å². The van der Waals surface area contributed by atoms with Gasteiger partial charge in [-0.1, -0.05) is 47.8 Å². The molecule has 2 rings (SSSR count). The van der Waals surface area contributed by atoms with E-state index in [-0.39, 0.29) is 0 Å². The number of rotatable bonds is 10. The minimum atomic E-state index is 0.787. The van der Waals surface area contributed by atoms with E-state index in [1.54, 1.807) is 0 Å². The average Bonchev–Trinajstić information content (AvgIpc) is 2.97. The standard InChI is InChI=1S/C19H26BrNO2/c1-3-18-17(19(4-2)23-21-18)9-7-5-6-8-14-22-16-12-10-15(20)11-13-16/h10-13H,3-9,14H2,1-2H3. The normalized spacial score (nSPS) is 10.9. The highest BCUT2D eigenvalue weighted by Crippen LogP contribution is 2.19. The van der Waals surface area contributed by atoms with Crippen molar-refractivity contribution in [1.82, 2.24) is 5.16 Å². The minimum Gasteiger partial charge on any atom is -0.494 e. The Morgan fingerprint density at radius 1 is 1.00 bits per heavy atom. The second-order valence-corrected chi connectivity index (χ2v) is 6.62. The number of nitrogens with zero attached hydrogens (tertiary/aromatic N) is 1. The first-order valence-electron chi connectivity index (χ1n) is 8.59. The first-order chi connectivity index (χ1) is 11.2. The molecule has 1 heterocycles. The molecule has 0 spiro atoms. The van der Waals surface area contributed by atoms with Crippen LogP contribution in [0.3, 0.4) is 0 Å². The van der Waals surface area contributed by atoms with E-state index >= 15 is 0 Å². The molecule has 0 unspecified atom stereocenters. The molecule has 4 heteroatoms. The van der Waals surface area contributed by atoms with Crippen molar-refractivity contribution < 1.29 is 9.26 Å². The summed E-state index contributed by atoms with van der Waals surface area (Å²) in [5.41, 5.74) is 2.49. The third-order valence-corrected chi connectivity index (χ3v) is 4.54. The topological polar surface area (TPSA) is 35.3 Å². The van der Waals surface area contributed by atoms with Crippen LogP contribution in [0.2, 0.25) is 0 Å². The largest absolute Gasteiger partial charge is 0.494 e. The first-order valence-corrected chi connectivity index (χ1v) is 9.38. The van der Waals surface area contributed by atoms with Crippen LogP contribution in [0.25, 0.3) is 0 Å². The Labute approximate surface area is 147 Å². The van der Waals surface area contributed by atoms with E-state index in [0.717, 1.165) is 54.0 Å². The van der Waals surface area contributed by atoms with Gasteiger partial charge in [-0.3, -0.25) is 0 Å². The van der Waals surface area contributed by atoms with E-state index in [9.17, 15) is 0 Å². The number of hydrogen-bond acceptors (Lipinski definition) is 3. The third-order valence-electron chi connectivity index (χ3n) is 4.01. The maximum Gasteiger partial charge on any atom is 0.139 e. The summed E-state index contributed by atoms with van der Waals surface area (Å²) in [6.07, 6.45) is 7.69. The van der Waals surface area contributed by atoms with Gasteiger partial charge in [0.05, 0.1) is 12.3 Å². The molecule has 1 aromatic carbocycles. The van der Waals surface area contributed by atoms with E-state index in [1.807, 2.05) is 24.3 Å². The number of aromatic nitrogens is 1. The van der Waals surface area contributed by atoms with Crippen molar-refractivity contribution in [2.75, 3.05) is 6.61 Å². The van der Waals surface area contributed by atoms with Crippen molar-refractivity contribution in [2.24, 2.45) is 0 Å². The predicted octanol–water partition coefficient (Wildman–Crippen LogP) is 5.74. The quantitative estimate of drug-likeness (QED) is 0.493. The zero-order chi connectivity index (χ0) is 16.5.